The molecule has 5 aliphatic rings. The van der Waals surface area contributed by atoms with Crippen LogP contribution in [-0.2, 0) is 0 Å². The zero-order valence-electron chi connectivity index (χ0n) is 15.4. The van der Waals surface area contributed by atoms with Crippen LogP contribution in [0, 0.1) is 11.3 Å². The lowest BCUT2D eigenvalue weighted by Crippen LogP contribution is -2.72. The Kier molecular flexibility index (Phi) is 2.81. The average molecular weight is 354 g/mol. The molecule has 26 heavy (non-hydrogen) atoms. The molecule has 5 heteroatoms. The molecule has 1 N–H and O–H groups in total. The maximum atomic E-state index is 11.2. The Labute approximate surface area is 154 Å². The highest BCUT2D eigenvalue weighted by Crippen LogP contribution is 2.72. The molecule has 1 saturated carbocycles. The van der Waals surface area contributed by atoms with Crippen molar-refractivity contribution in [2.75, 3.05) is 32.2 Å². The van der Waals surface area contributed by atoms with E-state index < -0.39 is 6.23 Å². The first-order valence-electron chi connectivity index (χ1n) is 9.82. The Morgan fingerprint density at radius 3 is 2.77 bits per heavy atom. The number of aliphatic hydroxyl groups is 1. The third-order valence-corrected chi connectivity index (χ3v) is 8.00. The summed E-state index contributed by atoms with van der Waals surface area (Å²) in [6.45, 7) is 2.10. The van der Waals surface area contributed by atoms with E-state index in [2.05, 4.69) is 34.1 Å². The molecule has 4 heterocycles. The summed E-state index contributed by atoms with van der Waals surface area (Å²) in [5, 5.41) is 11.2. The van der Waals surface area contributed by atoms with Gasteiger partial charge in [-0.15, -0.1) is 0 Å². The Balaban J connectivity index is 1.66. The SMILES string of the molecule is COc1cc2c(cc1OC)N1C(O)C[C@@]34C=CCN5CC[C@@H]2[C@H](CC3)[C@]514. The summed E-state index contributed by atoms with van der Waals surface area (Å²) in [6.07, 6.45) is 8.77. The fourth-order valence-corrected chi connectivity index (χ4v) is 7.35. The zero-order valence-corrected chi connectivity index (χ0v) is 15.4. The van der Waals surface area contributed by atoms with E-state index in [1.165, 1.54) is 24.8 Å². The van der Waals surface area contributed by atoms with Crippen LogP contribution in [0.15, 0.2) is 24.3 Å². The molecule has 1 aliphatic carbocycles. The van der Waals surface area contributed by atoms with Crippen molar-refractivity contribution in [2.45, 2.75) is 43.5 Å². The summed E-state index contributed by atoms with van der Waals surface area (Å²) < 4.78 is 11.2. The summed E-state index contributed by atoms with van der Waals surface area (Å²) >= 11 is 0. The van der Waals surface area contributed by atoms with Crippen LogP contribution in [0.3, 0.4) is 0 Å². The highest BCUT2D eigenvalue weighted by atomic mass is 16.5. The normalized spacial score (nSPS) is 41.8. The van der Waals surface area contributed by atoms with Crippen LogP contribution >= 0.6 is 0 Å². The highest BCUT2D eigenvalue weighted by molar-refractivity contribution is 5.70. The van der Waals surface area contributed by atoms with Gasteiger partial charge >= 0.3 is 0 Å². The lowest BCUT2D eigenvalue weighted by Gasteiger charge is -2.64. The lowest BCUT2D eigenvalue weighted by atomic mass is 9.63. The van der Waals surface area contributed by atoms with Gasteiger partial charge in [-0.1, -0.05) is 12.2 Å². The monoisotopic (exact) mass is 354 g/mol. The van der Waals surface area contributed by atoms with E-state index in [1.54, 1.807) is 14.2 Å². The number of rotatable bonds is 2. The van der Waals surface area contributed by atoms with Crippen molar-refractivity contribution in [3.63, 3.8) is 0 Å². The first-order chi connectivity index (χ1) is 12.7. The van der Waals surface area contributed by atoms with E-state index in [4.69, 9.17) is 9.47 Å². The molecular weight excluding hydrogens is 328 g/mol. The van der Waals surface area contributed by atoms with Crippen molar-refractivity contribution >= 4 is 5.69 Å². The molecular formula is C21H26N2O3. The third-order valence-electron chi connectivity index (χ3n) is 8.00. The van der Waals surface area contributed by atoms with Gasteiger partial charge in [0, 0.05) is 42.6 Å². The minimum Gasteiger partial charge on any atom is -0.493 e. The molecule has 0 amide bonds. The summed E-state index contributed by atoms with van der Waals surface area (Å²) in [5.74, 6) is 2.66. The van der Waals surface area contributed by atoms with E-state index in [1.807, 2.05) is 0 Å². The van der Waals surface area contributed by atoms with E-state index in [0.717, 1.165) is 36.7 Å². The summed E-state index contributed by atoms with van der Waals surface area (Å²) in [5.41, 5.74) is 2.51. The molecule has 1 unspecified atom stereocenters. The number of hydrogen-bond acceptors (Lipinski definition) is 5. The Bertz CT molecular complexity index is 824. The molecule has 138 valence electrons. The first-order valence-corrected chi connectivity index (χ1v) is 9.82. The highest BCUT2D eigenvalue weighted by Gasteiger charge is 2.75. The van der Waals surface area contributed by atoms with Crippen molar-refractivity contribution < 1.29 is 14.6 Å². The topological polar surface area (TPSA) is 45.2 Å². The molecule has 0 radical (unpaired) electrons. The lowest BCUT2D eigenvalue weighted by molar-refractivity contribution is -0.0459. The summed E-state index contributed by atoms with van der Waals surface area (Å²) in [7, 11) is 3.39. The van der Waals surface area contributed by atoms with Crippen LogP contribution < -0.4 is 14.4 Å². The van der Waals surface area contributed by atoms with Crippen molar-refractivity contribution in [1.29, 1.82) is 0 Å². The van der Waals surface area contributed by atoms with Crippen molar-refractivity contribution in [1.82, 2.24) is 4.90 Å². The second-order valence-electron chi connectivity index (χ2n) is 8.59. The van der Waals surface area contributed by atoms with Gasteiger partial charge in [-0.2, -0.15) is 0 Å². The van der Waals surface area contributed by atoms with Gasteiger partial charge in [0.05, 0.1) is 14.2 Å². The maximum Gasteiger partial charge on any atom is 0.162 e. The van der Waals surface area contributed by atoms with Gasteiger partial charge in [-0.05, 0) is 36.8 Å². The van der Waals surface area contributed by atoms with Crippen molar-refractivity contribution in [2.24, 2.45) is 11.3 Å². The van der Waals surface area contributed by atoms with Crippen LogP contribution in [0.2, 0.25) is 0 Å². The molecule has 2 saturated heterocycles. The minimum atomic E-state index is -0.445. The van der Waals surface area contributed by atoms with Crippen LogP contribution in [0.5, 0.6) is 11.5 Å². The predicted octanol–water partition coefficient (Wildman–Crippen LogP) is 2.70. The maximum absolute atomic E-state index is 11.2. The van der Waals surface area contributed by atoms with Gasteiger partial charge in [0.25, 0.3) is 0 Å². The van der Waals surface area contributed by atoms with E-state index >= 15 is 0 Å². The standard InChI is InChI=1S/C21H26N2O3/c1-25-17-10-14-13-5-9-22-8-3-6-20-7-4-15(13)21(20,22)23(19(24)12-20)16(14)11-18(17)26-2/h3,6,10-11,13,15,19,24H,4-5,7-9,12H2,1-2H3/t13-,15-,19?,20+,21-/m0/s1. The molecule has 5 atom stereocenters. The number of nitrogens with zero attached hydrogens (tertiary/aromatic N) is 2. The van der Waals surface area contributed by atoms with Crippen molar-refractivity contribution in [3.8, 4) is 11.5 Å². The zero-order chi connectivity index (χ0) is 17.7. The Hall–Kier alpha value is -1.72. The number of methoxy groups -OCH3 is 2. The van der Waals surface area contributed by atoms with Gasteiger partial charge in [-0.25, -0.2) is 0 Å². The van der Waals surface area contributed by atoms with Crippen LogP contribution in [-0.4, -0.2) is 49.2 Å². The van der Waals surface area contributed by atoms with Gasteiger partial charge in [0.15, 0.2) is 11.5 Å². The summed E-state index contributed by atoms with van der Waals surface area (Å²) in [4.78, 5) is 5.03. The molecule has 6 rings (SSSR count). The third kappa shape index (κ3) is 1.42. The second-order valence-corrected chi connectivity index (χ2v) is 8.59. The number of anilines is 1. The molecule has 1 aromatic rings. The molecule has 5 nitrogen and oxygen atoms in total. The second kappa shape index (κ2) is 4.76. The molecule has 2 bridgehead atoms. The minimum absolute atomic E-state index is 0.0588. The molecule has 4 aliphatic heterocycles. The largest absolute Gasteiger partial charge is 0.493 e. The Morgan fingerprint density at radius 2 is 1.96 bits per heavy atom. The van der Waals surface area contributed by atoms with Crippen LogP contribution in [0.4, 0.5) is 5.69 Å². The number of hydrogen-bond donors (Lipinski definition) is 1. The first kappa shape index (κ1) is 15.3. The summed E-state index contributed by atoms with van der Waals surface area (Å²) in [6, 6.07) is 4.27. The smallest absolute Gasteiger partial charge is 0.162 e. The van der Waals surface area contributed by atoms with E-state index in [-0.39, 0.29) is 11.1 Å². The van der Waals surface area contributed by atoms with Crippen LogP contribution in [0.1, 0.15) is 37.2 Å². The van der Waals surface area contributed by atoms with Gasteiger partial charge in [0.1, 0.15) is 11.9 Å². The molecule has 3 fully saturated rings. The predicted molar refractivity (Wildman–Crippen MR) is 98.6 cm³/mol. The Morgan fingerprint density at radius 1 is 1.15 bits per heavy atom. The number of piperidine rings is 1. The van der Waals surface area contributed by atoms with E-state index in [9.17, 15) is 5.11 Å². The van der Waals surface area contributed by atoms with E-state index in [0.29, 0.717) is 11.8 Å². The average Bonchev–Trinajstić information content (AvgIpc) is 3.12. The number of ether oxygens (including phenoxy) is 2. The molecule has 0 aromatic heterocycles. The quantitative estimate of drug-likeness (QED) is 0.828. The fraction of sp³-hybridized carbons (Fsp3) is 0.619. The molecule has 1 spiro atoms. The van der Waals surface area contributed by atoms with Gasteiger partial charge in [-0.3, -0.25) is 4.90 Å². The molecule has 1 aromatic carbocycles. The van der Waals surface area contributed by atoms with Crippen molar-refractivity contribution in [3.05, 3.63) is 29.8 Å². The fourth-order valence-electron chi connectivity index (χ4n) is 7.35. The number of fused-ring (bicyclic) bond motifs is 3. The number of aliphatic hydroxyl groups excluding tert-OH is 1. The van der Waals surface area contributed by atoms with Crippen LogP contribution in [0.25, 0.3) is 0 Å². The van der Waals surface area contributed by atoms with Gasteiger partial charge in [0.2, 0.25) is 0 Å². The van der Waals surface area contributed by atoms with Gasteiger partial charge < -0.3 is 19.5 Å². The number of benzene rings is 1.